The van der Waals surface area contributed by atoms with Crippen LogP contribution in [0, 0.1) is 54.3 Å². The summed E-state index contributed by atoms with van der Waals surface area (Å²) in [4.78, 5) is -0.0666. The Morgan fingerprint density at radius 2 is 0.615 bits per heavy atom. The lowest BCUT2D eigenvalue weighted by molar-refractivity contribution is 0.167. The van der Waals surface area contributed by atoms with Crippen molar-refractivity contribution in [2.75, 3.05) is 0 Å². The quantitative estimate of drug-likeness (QED) is 0.154. The van der Waals surface area contributed by atoms with E-state index in [2.05, 4.69) is 42.5 Å². The number of hydrogen-bond acceptors (Lipinski definition) is 10. The summed E-state index contributed by atoms with van der Waals surface area (Å²) in [5, 5.41) is 33.8. The average Bonchev–Trinajstić information content (AvgIpc) is 3.88. The average molecular weight is 755 g/mol. The summed E-state index contributed by atoms with van der Waals surface area (Å²) in [6.45, 7) is 1.84. The third-order valence-corrected chi connectivity index (χ3v) is 16.0. The van der Waals surface area contributed by atoms with Crippen LogP contribution in [-0.2, 0) is 10.1 Å². The molecule has 9 N–H and O–H groups in total. The molecule has 4 saturated carbocycles. The topological polar surface area (TPSA) is 151 Å². The molecule has 8 bridgehead atoms. The first kappa shape index (κ1) is 38.2. The molecule has 13 heteroatoms. The van der Waals surface area contributed by atoms with Crippen molar-refractivity contribution < 1.29 is 13.0 Å². The van der Waals surface area contributed by atoms with Crippen LogP contribution in [0.4, 0.5) is 0 Å². The SMILES string of the molecule is C1CCC2C3NC(NC4NC(NC5NC(NC6NC(N3)C3CCCCC63)C3CCCCC53)C3CCCCC43)C2C1.Cc1ccc(S(=O)(=O)O)cc1.[AlH3]. The maximum atomic E-state index is 10.5. The first-order chi connectivity index (χ1) is 24.8. The van der Waals surface area contributed by atoms with Gasteiger partial charge in [-0.2, -0.15) is 8.42 Å². The van der Waals surface area contributed by atoms with Gasteiger partial charge in [-0.1, -0.05) is 69.1 Å². The van der Waals surface area contributed by atoms with E-state index in [0.717, 1.165) is 52.9 Å². The van der Waals surface area contributed by atoms with E-state index in [9.17, 15) is 8.42 Å². The van der Waals surface area contributed by atoms with E-state index in [-0.39, 0.29) is 22.3 Å². The summed E-state index contributed by atoms with van der Waals surface area (Å²) in [6, 6.07) is 5.99. The molecule has 8 unspecified atom stereocenters. The molecule has 1 aromatic carbocycles. The molecule has 5 aliphatic heterocycles. The highest BCUT2D eigenvalue weighted by Gasteiger charge is 2.54. The van der Waals surface area contributed by atoms with Crippen LogP contribution in [0.5, 0.6) is 0 Å². The third kappa shape index (κ3) is 7.58. The molecule has 0 radical (unpaired) electrons. The van der Waals surface area contributed by atoms with Gasteiger partial charge < -0.3 is 0 Å². The van der Waals surface area contributed by atoms with Crippen molar-refractivity contribution in [3.63, 3.8) is 0 Å². The van der Waals surface area contributed by atoms with Gasteiger partial charge in [-0.05, 0) is 118 Å². The Hall–Kier alpha value is -0.658. The van der Waals surface area contributed by atoms with Crippen molar-refractivity contribution in [1.82, 2.24) is 42.5 Å². The third-order valence-electron chi connectivity index (χ3n) is 15.1. The van der Waals surface area contributed by atoms with Crippen molar-refractivity contribution in [3.8, 4) is 0 Å². The van der Waals surface area contributed by atoms with Gasteiger partial charge >= 0.3 is 0 Å². The lowest BCUT2D eigenvalue weighted by Crippen LogP contribution is -2.61. The van der Waals surface area contributed by atoms with Crippen LogP contribution in [0.15, 0.2) is 29.2 Å². The Bertz CT molecular complexity index is 1270. The Morgan fingerprint density at radius 3 is 0.788 bits per heavy atom. The second-order valence-corrected chi connectivity index (χ2v) is 19.3. The van der Waals surface area contributed by atoms with Crippen LogP contribution in [0.2, 0.25) is 0 Å². The summed E-state index contributed by atoms with van der Waals surface area (Å²) in [6.07, 6.45) is 25.6. The summed E-state index contributed by atoms with van der Waals surface area (Å²) in [7, 11) is -4.02. The number of fused-ring (bicyclic) bond motifs is 20. The molecule has 290 valence electrons. The molecule has 1 aromatic rings. The van der Waals surface area contributed by atoms with E-state index >= 15 is 0 Å². The van der Waals surface area contributed by atoms with E-state index < -0.39 is 10.1 Å². The van der Waals surface area contributed by atoms with Crippen molar-refractivity contribution in [1.29, 1.82) is 0 Å². The summed E-state index contributed by atoms with van der Waals surface area (Å²) in [5.74, 6) is 5.97. The maximum absolute atomic E-state index is 10.5. The minimum atomic E-state index is -4.02. The smallest absolute Gasteiger partial charge is 0.286 e. The zero-order valence-corrected chi connectivity index (χ0v) is 31.3. The molecule has 5 saturated heterocycles. The van der Waals surface area contributed by atoms with E-state index in [1.165, 1.54) is 115 Å². The van der Waals surface area contributed by atoms with Crippen molar-refractivity contribution in [3.05, 3.63) is 29.8 Å². The van der Waals surface area contributed by atoms with Gasteiger partial charge in [0.1, 0.15) is 0 Å². The molecular weight excluding hydrogens is 688 g/mol. The van der Waals surface area contributed by atoms with Gasteiger partial charge in [0, 0.05) is 0 Å². The lowest BCUT2D eigenvalue weighted by atomic mass is 9.76. The number of aryl methyl sites for hydroxylation is 1. The van der Waals surface area contributed by atoms with Gasteiger partial charge in [0.25, 0.3) is 10.1 Å². The van der Waals surface area contributed by atoms with Crippen LogP contribution in [0.25, 0.3) is 0 Å². The molecule has 5 heterocycles. The summed E-state index contributed by atoms with van der Waals surface area (Å²) >= 11 is 0. The fraction of sp³-hybridized carbons (Fsp3) is 0.846. The molecule has 0 amide bonds. The van der Waals surface area contributed by atoms with Gasteiger partial charge in [-0.25, -0.2) is 0 Å². The second-order valence-electron chi connectivity index (χ2n) is 17.9. The molecule has 4 aliphatic carbocycles. The Balaban J connectivity index is 0.000000280. The molecule has 0 spiro atoms. The number of benzene rings is 1. The molecule has 52 heavy (non-hydrogen) atoms. The zero-order valence-electron chi connectivity index (χ0n) is 30.5. The van der Waals surface area contributed by atoms with Gasteiger partial charge in [0.05, 0.1) is 54.2 Å². The standard InChI is InChI=1S/C32H56N8.C7H8O3S.Al.3H/c1-2-10-18-17(9-1)25-33-26(18)38-28-21-13-5-6-14-22(21)30(35-28)40-32-24-16-8-7-15-23(24)31(36-32)39-29-20-12-4-3-11-19(20)27(34-29)37-25;1-6-2-4-7(5-3-6)11(8,9)10;;;;/h17-40H,1-16H2;2-5H,1H3,(H,8,9,10);;;;. The molecule has 10 rings (SSSR count). The minimum Gasteiger partial charge on any atom is -0.286 e. The van der Waals surface area contributed by atoms with E-state index in [1.54, 1.807) is 12.1 Å². The predicted octanol–water partition coefficient (Wildman–Crippen LogP) is 2.66. The normalized spacial score (nSPS) is 46.7. The van der Waals surface area contributed by atoms with E-state index in [4.69, 9.17) is 4.55 Å². The largest absolute Gasteiger partial charge is 0.294 e. The Labute approximate surface area is 322 Å². The minimum absolute atomic E-state index is 0. The van der Waals surface area contributed by atoms with Crippen molar-refractivity contribution >= 4 is 27.5 Å². The lowest BCUT2D eigenvalue weighted by Gasteiger charge is -2.35. The second kappa shape index (κ2) is 16.1. The van der Waals surface area contributed by atoms with E-state index in [1.807, 2.05) is 6.92 Å². The maximum Gasteiger partial charge on any atom is 0.294 e. The van der Waals surface area contributed by atoms with Crippen LogP contribution in [0.1, 0.15) is 108 Å². The monoisotopic (exact) mass is 754 g/mol. The number of hydrogen-bond donors (Lipinski definition) is 9. The first-order valence-corrected chi connectivity index (χ1v) is 22.4. The Kier molecular flexibility index (Phi) is 11.8. The molecular formula is C39H67AlN8O3S. The van der Waals surface area contributed by atoms with Crippen molar-refractivity contribution in [2.24, 2.45) is 47.3 Å². The molecule has 0 aromatic heterocycles. The fourth-order valence-electron chi connectivity index (χ4n) is 12.7. The molecule has 8 atom stereocenters. The van der Waals surface area contributed by atoms with Gasteiger partial charge in [0.15, 0.2) is 17.4 Å². The molecule has 9 aliphatic rings. The summed E-state index contributed by atoms with van der Waals surface area (Å²) < 4.78 is 29.6. The molecule has 9 fully saturated rings. The predicted molar refractivity (Wildman–Crippen MR) is 208 cm³/mol. The highest BCUT2D eigenvalue weighted by atomic mass is 32.2. The summed E-state index contributed by atoms with van der Waals surface area (Å²) in [5.41, 5.74) is 0.956. The first-order valence-electron chi connectivity index (χ1n) is 20.9. The number of nitrogens with one attached hydrogen (secondary N) is 8. The van der Waals surface area contributed by atoms with E-state index in [0.29, 0.717) is 49.3 Å². The fourth-order valence-corrected chi connectivity index (χ4v) is 13.2. The highest BCUT2D eigenvalue weighted by molar-refractivity contribution is 7.85. The molecule has 11 nitrogen and oxygen atoms in total. The highest BCUT2D eigenvalue weighted by Crippen LogP contribution is 2.45. The van der Waals surface area contributed by atoms with Gasteiger partial charge in [-0.15, -0.1) is 0 Å². The van der Waals surface area contributed by atoms with Crippen LogP contribution in [0.3, 0.4) is 0 Å². The van der Waals surface area contributed by atoms with Crippen molar-refractivity contribution in [2.45, 2.75) is 164 Å². The van der Waals surface area contributed by atoms with Crippen LogP contribution in [-0.4, -0.2) is 79.7 Å². The zero-order chi connectivity index (χ0) is 34.7. The van der Waals surface area contributed by atoms with Gasteiger partial charge in [-0.3, -0.25) is 47.1 Å². The van der Waals surface area contributed by atoms with Crippen LogP contribution >= 0.6 is 0 Å². The van der Waals surface area contributed by atoms with Gasteiger partial charge in [0.2, 0.25) is 0 Å². The van der Waals surface area contributed by atoms with Crippen LogP contribution < -0.4 is 42.5 Å². The Morgan fingerprint density at radius 1 is 0.423 bits per heavy atom. The number of rotatable bonds is 1.